The second-order valence-electron chi connectivity index (χ2n) is 8.15. The predicted octanol–water partition coefficient (Wildman–Crippen LogP) is 2.54. The molecule has 149 valence electrons. The highest BCUT2D eigenvalue weighted by Crippen LogP contribution is 2.27. The summed E-state index contributed by atoms with van der Waals surface area (Å²) in [5.41, 5.74) is 5.95. The minimum absolute atomic E-state index is 0.135. The summed E-state index contributed by atoms with van der Waals surface area (Å²) in [4.78, 5) is 25.9. The largest absolute Gasteiger partial charge is 0.366 e. The maximum Gasteiger partial charge on any atom is 0.248 e. The lowest BCUT2D eigenvalue weighted by molar-refractivity contribution is -0.119. The molecule has 28 heavy (non-hydrogen) atoms. The number of benzene rings is 1. The fourth-order valence-corrected chi connectivity index (χ4v) is 4.31. The van der Waals surface area contributed by atoms with Gasteiger partial charge < -0.3 is 11.1 Å². The Labute approximate surface area is 167 Å². The number of likely N-dealkylation sites (tertiary alicyclic amines) is 1. The van der Waals surface area contributed by atoms with Crippen LogP contribution < -0.4 is 11.1 Å². The SMILES string of the molecule is N#CC1(NC(=O)[CH]CC2CCCCC2)CCN(Cc2cccc(C(N)=O)c2)C1. The lowest BCUT2D eigenvalue weighted by atomic mass is 9.86. The highest BCUT2D eigenvalue weighted by atomic mass is 16.2. The van der Waals surface area contributed by atoms with Gasteiger partial charge in [0.05, 0.1) is 6.07 Å². The van der Waals surface area contributed by atoms with Crippen LogP contribution in [0.2, 0.25) is 0 Å². The Kier molecular flexibility index (Phi) is 6.69. The lowest BCUT2D eigenvalue weighted by Crippen LogP contribution is -2.49. The highest BCUT2D eigenvalue weighted by Gasteiger charge is 2.39. The smallest absolute Gasteiger partial charge is 0.248 e. The molecule has 1 radical (unpaired) electrons. The first-order chi connectivity index (χ1) is 13.5. The monoisotopic (exact) mass is 381 g/mol. The van der Waals surface area contributed by atoms with Gasteiger partial charge in [-0.3, -0.25) is 14.5 Å². The molecule has 0 bridgehead atoms. The normalized spacial score (nSPS) is 23.2. The number of nitrogens with zero attached hydrogens (tertiary/aromatic N) is 2. The van der Waals surface area contributed by atoms with Crippen LogP contribution in [0.1, 0.15) is 60.9 Å². The summed E-state index contributed by atoms with van der Waals surface area (Å²) in [6, 6.07) is 9.55. The number of hydrogen-bond donors (Lipinski definition) is 2. The van der Waals surface area contributed by atoms with Gasteiger partial charge in [0.2, 0.25) is 11.8 Å². The van der Waals surface area contributed by atoms with E-state index in [9.17, 15) is 14.9 Å². The van der Waals surface area contributed by atoms with Crippen molar-refractivity contribution in [2.45, 2.75) is 57.0 Å². The maximum atomic E-state index is 12.4. The highest BCUT2D eigenvalue weighted by molar-refractivity contribution is 5.92. The molecule has 6 heteroatoms. The van der Waals surface area contributed by atoms with Crippen molar-refractivity contribution in [1.82, 2.24) is 10.2 Å². The molecule has 1 saturated heterocycles. The van der Waals surface area contributed by atoms with E-state index in [0.29, 0.717) is 31.0 Å². The van der Waals surface area contributed by atoms with Crippen molar-refractivity contribution >= 4 is 11.8 Å². The zero-order valence-corrected chi connectivity index (χ0v) is 16.3. The molecule has 1 heterocycles. The van der Waals surface area contributed by atoms with Gasteiger partial charge in [0.1, 0.15) is 5.54 Å². The Morgan fingerprint density at radius 2 is 2.11 bits per heavy atom. The number of primary amides is 1. The van der Waals surface area contributed by atoms with Gasteiger partial charge in [0.25, 0.3) is 0 Å². The van der Waals surface area contributed by atoms with Crippen molar-refractivity contribution in [2.75, 3.05) is 13.1 Å². The summed E-state index contributed by atoms with van der Waals surface area (Å²) < 4.78 is 0. The summed E-state index contributed by atoms with van der Waals surface area (Å²) in [5, 5.41) is 12.7. The number of nitriles is 1. The summed E-state index contributed by atoms with van der Waals surface area (Å²) >= 11 is 0. The van der Waals surface area contributed by atoms with Gasteiger partial charge in [-0.25, -0.2) is 0 Å². The van der Waals surface area contributed by atoms with Gasteiger partial charge in [-0.15, -0.1) is 0 Å². The molecule has 0 aromatic heterocycles. The van der Waals surface area contributed by atoms with Gasteiger partial charge in [-0.1, -0.05) is 44.2 Å². The van der Waals surface area contributed by atoms with Gasteiger partial charge in [0, 0.05) is 31.6 Å². The van der Waals surface area contributed by atoms with Gasteiger partial charge in [-0.05, 0) is 36.5 Å². The van der Waals surface area contributed by atoms with E-state index in [1.165, 1.54) is 32.1 Å². The summed E-state index contributed by atoms with van der Waals surface area (Å²) in [7, 11) is 0. The van der Waals surface area contributed by atoms with Crippen LogP contribution in [0.5, 0.6) is 0 Å². The topological polar surface area (TPSA) is 99.2 Å². The summed E-state index contributed by atoms with van der Waals surface area (Å²) in [6.07, 6.45) is 9.35. The fourth-order valence-electron chi connectivity index (χ4n) is 4.31. The van der Waals surface area contributed by atoms with E-state index in [-0.39, 0.29) is 5.91 Å². The van der Waals surface area contributed by atoms with E-state index in [4.69, 9.17) is 5.73 Å². The van der Waals surface area contributed by atoms with E-state index < -0.39 is 11.4 Å². The molecule has 1 atom stereocenters. The first kappa shape index (κ1) is 20.3. The summed E-state index contributed by atoms with van der Waals surface area (Å²) in [6.45, 7) is 1.82. The summed E-state index contributed by atoms with van der Waals surface area (Å²) in [5.74, 6) is 0.0234. The van der Waals surface area contributed by atoms with Gasteiger partial charge >= 0.3 is 0 Å². The Morgan fingerprint density at radius 3 is 2.82 bits per heavy atom. The minimum Gasteiger partial charge on any atom is -0.366 e. The van der Waals surface area contributed by atoms with E-state index in [0.717, 1.165) is 18.5 Å². The molecule has 1 unspecified atom stereocenters. The Hall–Kier alpha value is -2.39. The third kappa shape index (κ3) is 5.32. The molecule has 6 nitrogen and oxygen atoms in total. The second-order valence-corrected chi connectivity index (χ2v) is 8.15. The van der Waals surface area contributed by atoms with E-state index in [1.54, 1.807) is 18.6 Å². The standard InChI is InChI=1S/C22H29N4O2/c23-15-22(25-20(27)10-9-17-5-2-1-3-6-17)11-12-26(16-22)14-18-7-4-8-19(13-18)21(24)28/h4,7-8,10,13,17H,1-3,5-6,9,11-12,14,16H2,(H2,24,28)(H,25,27). The van der Waals surface area contributed by atoms with Crippen LogP contribution in [-0.4, -0.2) is 35.3 Å². The van der Waals surface area contributed by atoms with E-state index >= 15 is 0 Å². The van der Waals surface area contributed by atoms with Crippen LogP contribution in [0.15, 0.2) is 24.3 Å². The van der Waals surface area contributed by atoms with Crippen molar-refractivity contribution < 1.29 is 9.59 Å². The van der Waals surface area contributed by atoms with Gasteiger partial charge in [-0.2, -0.15) is 5.26 Å². The van der Waals surface area contributed by atoms with Crippen LogP contribution in [0, 0.1) is 23.7 Å². The third-order valence-electron chi connectivity index (χ3n) is 5.90. The number of carbonyl (C=O) groups is 2. The van der Waals surface area contributed by atoms with Crippen molar-refractivity contribution in [1.29, 1.82) is 5.26 Å². The Bertz CT molecular complexity index is 751. The zero-order chi connectivity index (χ0) is 20.0. The molecule has 3 rings (SSSR count). The molecule has 3 N–H and O–H groups in total. The van der Waals surface area contributed by atoms with Crippen molar-refractivity contribution in [3.05, 3.63) is 41.8 Å². The first-order valence-electron chi connectivity index (χ1n) is 10.2. The van der Waals surface area contributed by atoms with Gasteiger partial charge in [0.15, 0.2) is 0 Å². The second kappa shape index (κ2) is 9.20. The van der Waals surface area contributed by atoms with Crippen LogP contribution in [0.25, 0.3) is 0 Å². The molecular formula is C22H29N4O2. The number of nitrogens with one attached hydrogen (secondary N) is 1. The molecule has 1 aliphatic heterocycles. The molecule has 2 fully saturated rings. The molecule has 2 amide bonds. The van der Waals surface area contributed by atoms with E-state index in [2.05, 4.69) is 16.3 Å². The Balaban J connectivity index is 1.52. The van der Waals surface area contributed by atoms with Crippen molar-refractivity contribution in [3.63, 3.8) is 0 Å². The quantitative estimate of drug-likeness (QED) is 0.758. The molecule has 0 spiro atoms. The van der Waals surface area contributed by atoms with E-state index in [1.807, 2.05) is 12.1 Å². The number of rotatable bonds is 7. The average molecular weight is 382 g/mol. The number of amides is 2. The Morgan fingerprint density at radius 1 is 1.32 bits per heavy atom. The average Bonchev–Trinajstić information content (AvgIpc) is 3.10. The minimum atomic E-state index is -0.846. The first-order valence-corrected chi connectivity index (χ1v) is 10.2. The number of carbonyl (C=O) groups excluding carboxylic acids is 2. The van der Waals surface area contributed by atoms with Crippen LogP contribution in [0.4, 0.5) is 0 Å². The molecule has 1 aliphatic carbocycles. The third-order valence-corrected chi connectivity index (χ3v) is 5.90. The molecule has 1 aromatic rings. The molecular weight excluding hydrogens is 352 g/mol. The fraction of sp³-hybridized carbons (Fsp3) is 0.545. The number of nitrogens with two attached hydrogens (primary N) is 1. The van der Waals surface area contributed by atoms with Crippen molar-refractivity contribution in [2.24, 2.45) is 11.7 Å². The van der Waals surface area contributed by atoms with Crippen LogP contribution >= 0.6 is 0 Å². The molecule has 1 saturated carbocycles. The lowest BCUT2D eigenvalue weighted by Gasteiger charge is -2.25. The number of hydrogen-bond acceptors (Lipinski definition) is 4. The van der Waals surface area contributed by atoms with Crippen LogP contribution in [0.3, 0.4) is 0 Å². The predicted molar refractivity (Wildman–Crippen MR) is 107 cm³/mol. The van der Waals surface area contributed by atoms with Crippen molar-refractivity contribution in [3.8, 4) is 6.07 Å². The van der Waals surface area contributed by atoms with Crippen LogP contribution in [-0.2, 0) is 11.3 Å². The molecule has 2 aliphatic rings. The maximum absolute atomic E-state index is 12.4. The molecule has 1 aromatic carbocycles. The zero-order valence-electron chi connectivity index (χ0n) is 16.3.